The monoisotopic (exact) mass is 298 g/mol. The van der Waals surface area contributed by atoms with E-state index in [9.17, 15) is 9.59 Å². The number of halogens is 1. The number of Topliss-reactive ketones (excluding diaryl/α,β-unsaturated/α-hetero) is 1. The largest absolute Gasteiger partial charge is 0.453 e. The van der Waals surface area contributed by atoms with Crippen molar-refractivity contribution in [2.75, 3.05) is 27.7 Å². The maximum absolute atomic E-state index is 12.0. The third-order valence-electron chi connectivity index (χ3n) is 2.76. The van der Waals surface area contributed by atoms with Gasteiger partial charge in [-0.1, -0.05) is 11.6 Å². The average molecular weight is 299 g/mol. The van der Waals surface area contributed by atoms with Crippen LogP contribution in [0.3, 0.4) is 0 Å². The Balaban J connectivity index is 2.74. The summed E-state index contributed by atoms with van der Waals surface area (Å²) in [5, 5.41) is 3.05. The number of rotatable bonds is 6. The van der Waals surface area contributed by atoms with Gasteiger partial charge in [0.15, 0.2) is 5.78 Å². The minimum Gasteiger partial charge on any atom is -0.453 e. The second kappa shape index (κ2) is 7.87. The Kier molecular flexibility index (Phi) is 6.48. The number of amides is 1. The van der Waals surface area contributed by atoms with Gasteiger partial charge < -0.3 is 15.0 Å². The van der Waals surface area contributed by atoms with E-state index in [0.29, 0.717) is 29.1 Å². The van der Waals surface area contributed by atoms with Crippen LogP contribution in [-0.4, -0.2) is 44.5 Å². The van der Waals surface area contributed by atoms with Crippen LogP contribution in [0.15, 0.2) is 18.2 Å². The number of carbonyl (C=O) groups is 2. The SMILES string of the molecule is COC(=O)NCc1cc(C(=O)CCN(C)C)ccc1Cl. The van der Waals surface area contributed by atoms with Crippen molar-refractivity contribution in [3.05, 3.63) is 34.3 Å². The first-order valence-corrected chi connectivity index (χ1v) is 6.60. The second-order valence-corrected chi connectivity index (χ2v) is 5.03. The Morgan fingerprint density at radius 3 is 2.65 bits per heavy atom. The molecule has 0 aliphatic carbocycles. The van der Waals surface area contributed by atoms with Crippen LogP contribution in [0, 0.1) is 0 Å². The zero-order valence-corrected chi connectivity index (χ0v) is 12.7. The summed E-state index contributed by atoms with van der Waals surface area (Å²) in [6.45, 7) is 0.914. The molecule has 1 rings (SSSR count). The van der Waals surface area contributed by atoms with Crippen LogP contribution in [0.2, 0.25) is 5.02 Å². The molecular weight excluding hydrogens is 280 g/mol. The van der Waals surface area contributed by atoms with Gasteiger partial charge in [-0.2, -0.15) is 0 Å². The first kappa shape index (κ1) is 16.5. The van der Waals surface area contributed by atoms with E-state index in [4.69, 9.17) is 11.6 Å². The molecule has 0 aliphatic heterocycles. The fourth-order valence-electron chi connectivity index (χ4n) is 1.59. The molecular formula is C14H19ClN2O3. The maximum atomic E-state index is 12.0. The molecule has 0 aromatic heterocycles. The predicted octanol–water partition coefficient (Wildman–Crippen LogP) is 2.33. The van der Waals surface area contributed by atoms with Gasteiger partial charge in [-0.25, -0.2) is 4.79 Å². The standard InChI is InChI=1S/C14H19ClN2O3/c1-17(2)7-6-13(18)10-4-5-12(15)11(8-10)9-16-14(19)20-3/h4-5,8H,6-7,9H2,1-3H3,(H,16,19). The van der Waals surface area contributed by atoms with Crippen molar-refractivity contribution < 1.29 is 14.3 Å². The summed E-state index contributed by atoms with van der Waals surface area (Å²) in [6.07, 6.45) is -0.0937. The molecule has 0 bridgehead atoms. The molecule has 20 heavy (non-hydrogen) atoms. The fraction of sp³-hybridized carbons (Fsp3) is 0.429. The molecule has 1 N–H and O–H groups in total. The molecule has 0 saturated carbocycles. The van der Waals surface area contributed by atoms with Gasteiger partial charge in [0, 0.05) is 30.1 Å². The van der Waals surface area contributed by atoms with E-state index in [-0.39, 0.29) is 12.3 Å². The lowest BCUT2D eigenvalue weighted by Crippen LogP contribution is -2.22. The molecule has 0 fully saturated rings. The van der Waals surface area contributed by atoms with E-state index >= 15 is 0 Å². The number of alkyl carbamates (subject to hydrolysis) is 1. The highest BCUT2D eigenvalue weighted by Gasteiger charge is 2.10. The summed E-state index contributed by atoms with van der Waals surface area (Å²) in [4.78, 5) is 25.0. The molecule has 0 atom stereocenters. The molecule has 0 aliphatic rings. The van der Waals surface area contributed by atoms with Gasteiger partial charge in [-0.05, 0) is 37.9 Å². The topological polar surface area (TPSA) is 58.6 Å². The minimum absolute atomic E-state index is 0.0506. The fourth-order valence-corrected chi connectivity index (χ4v) is 1.78. The van der Waals surface area contributed by atoms with E-state index in [0.717, 1.165) is 0 Å². The van der Waals surface area contributed by atoms with Crippen LogP contribution in [0.5, 0.6) is 0 Å². The van der Waals surface area contributed by atoms with Crippen LogP contribution in [0.1, 0.15) is 22.3 Å². The first-order valence-electron chi connectivity index (χ1n) is 6.22. The van der Waals surface area contributed by atoms with E-state index < -0.39 is 6.09 Å². The van der Waals surface area contributed by atoms with Gasteiger partial charge in [0.1, 0.15) is 0 Å². The predicted molar refractivity (Wildman–Crippen MR) is 78.2 cm³/mol. The highest BCUT2D eigenvalue weighted by atomic mass is 35.5. The lowest BCUT2D eigenvalue weighted by molar-refractivity contribution is 0.0972. The number of nitrogens with zero attached hydrogens (tertiary/aromatic N) is 1. The molecule has 1 aromatic rings. The quantitative estimate of drug-likeness (QED) is 0.819. The zero-order chi connectivity index (χ0) is 15.1. The third-order valence-corrected chi connectivity index (χ3v) is 3.13. The maximum Gasteiger partial charge on any atom is 0.407 e. The van der Waals surface area contributed by atoms with Gasteiger partial charge in [0.05, 0.1) is 7.11 Å². The summed E-state index contributed by atoms with van der Waals surface area (Å²) in [5.41, 5.74) is 1.28. The van der Waals surface area contributed by atoms with E-state index in [2.05, 4.69) is 10.1 Å². The number of ether oxygens (including phenoxy) is 1. The number of benzene rings is 1. The Morgan fingerprint density at radius 2 is 2.05 bits per heavy atom. The van der Waals surface area contributed by atoms with Gasteiger partial charge in [0.2, 0.25) is 0 Å². The molecule has 110 valence electrons. The van der Waals surface area contributed by atoms with E-state index in [1.54, 1.807) is 18.2 Å². The number of nitrogens with one attached hydrogen (secondary N) is 1. The highest BCUT2D eigenvalue weighted by Crippen LogP contribution is 2.18. The summed E-state index contributed by atoms with van der Waals surface area (Å²) < 4.78 is 4.49. The van der Waals surface area contributed by atoms with Crippen molar-refractivity contribution in [3.63, 3.8) is 0 Å². The number of carbonyl (C=O) groups excluding carboxylic acids is 2. The smallest absolute Gasteiger partial charge is 0.407 e. The van der Waals surface area contributed by atoms with E-state index in [1.165, 1.54) is 7.11 Å². The normalized spacial score (nSPS) is 10.4. The lowest BCUT2D eigenvalue weighted by Gasteiger charge is -2.10. The molecule has 0 unspecified atom stereocenters. The highest BCUT2D eigenvalue weighted by molar-refractivity contribution is 6.31. The van der Waals surface area contributed by atoms with Gasteiger partial charge in [0.25, 0.3) is 0 Å². The summed E-state index contributed by atoms with van der Waals surface area (Å²) in [6, 6.07) is 5.07. The Morgan fingerprint density at radius 1 is 1.35 bits per heavy atom. The molecule has 1 amide bonds. The van der Waals surface area contributed by atoms with Crippen molar-refractivity contribution in [2.45, 2.75) is 13.0 Å². The zero-order valence-electron chi connectivity index (χ0n) is 11.9. The average Bonchev–Trinajstić information content (AvgIpc) is 2.43. The van der Waals surface area contributed by atoms with Crippen molar-refractivity contribution in [1.82, 2.24) is 10.2 Å². The molecule has 0 spiro atoms. The molecule has 0 radical (unpaired) electrons. The number of hydrogen-bond acceptors (Lipinski definition) is 4. The van der Waals surface area contributed by atoms with Crippen LogP contribution in [-0.2, 0) is 11.3 Å². The Hall–Kier alpha value is -1.59. The van der Waals surface area contributed by atoms with Gasteiger partial charge in [-0.15, -0.1) is 0 Å². The minimum atomic E-state index is -0.537. The third kappa shape index (κ3) is 5.19. The molecule has 0 saturated heterocycles. The van der Waals surface area contributed by atoms with Crippen LogP contribution in [0.25, 0.3) is 0 Å². The van der Waals surface area contributed by atoms with Crippen molar-refractivity contribution in [3.8, 4) is 0 Å². The van der Waals surface area contributed by atoms with Crippen LogP contribution in [0.4, 0.5) is 4.79 Å². The number of hydrogen-bond donors (Lipinski definition) is 1. The number of ketones is 1. The number of methoxy groups -OCH3 is 1. The summed E-state index contributed by atoms with van der Waals surface area (Å²) in [5.74, 6) is 0.0506. The van der Waals surface area contributed by atoms with Crippen molar-refractivity contribution in [2.24, 2.45) is 0 Å². The van der Waals surface area contributed by atoms with Crippen LogP contribution < -0.4 is 5.32 Å². The van der Waals surface area contributed by atoms with E-state index in [1.807, 2.05) is 19.0 Å². The molecule has 0 heterocycles. The van der Waals surface area contributed by atoms with Gasteiger partial charge in [-0.3, -0.25) is 4.79 Å². The van der Waals surface area contributed by atoms with Crippen molar-refractivity contribution >= 4 is 23.5 Å². The van der Waals surface area contributed by atoms with Crippen molar-refractivity contribution in [1.29, 1.82) is 0 Å². The molecule has 5 nitrogen and oxygen atoms in total. The first-order chi connectivity index (χ1) is 9.43. The summed E-state index contributed by atoms with van der Waals surface area (Å²) >= 11 is 6.04. The Bertz CT molecular complexity index is 489. The van der Waals surface area contributed by atoms with Gasteiger partial charge >= 0.3 is 6.09 Å². The molecule has 1 aromatic carbocycles. The second-order valence-electron chi connectivity index (χ2n) is 4.63. The molecule has 6 heteroatoms. The summed E-state index contributed by atoms with van der Waals surface area (Å²) in [7, 11) is 5.12. The Labute approximate surface area is 123 Å². The van der Waals surface area contributed by atoms with Crippen LogP contribution >= 0.6 is 11.6 Å². The lowest BCUT2D eigenvalue weighted by atomic mass is 10.0.